The summed E-state index contributed by atoms with van der Waals surface area (Å²) < 4.78 is 5.38. The summed E-state index contributed by atoms with van der Waals surface area (Å²) in [6.45, 7) is 7.15. The molecule has 7 nitrogen and oxygen atoms in total. The minimum Gasteiger partial charge on any atom is -0.469 e. The van der Waals surface area contributed by atoms with Crippen molar-refractivity contribution in [1.29, 1.82) is 0 Å². The molecule has 28 heavy (non-hydrogen) atoms. The smallest absolute Gasteiger partial charge is 0.225 e. The zero-order valence-electron chi connectivity index (χ0n) is 16.4. The predicted octanol–water partition coefficient (Wildman–Crippen LogP) is 2.54. The van der Waals surface area contributed by atoms with Crippen molar-refractivity contribution in [1.82, 2.24) is 19.8 Å². The van der Waals surface area contributed by atoms with Gasteiger partial charge in [-0.15, -0.1) is 0 Å². The van der Waals surface area contributed by atoms with Crippen LogP contribution in [0.3, 0.4) is 0 Å². The Labute approximate surface area is 165 Å². The van der Waals surface area contributed by atoms with Gasteiger partial charge < -0.3 is 20.0 Å². The van der Waals surface area contributed by atoms with Crippen LogP contribution in [-0.4, -0.2) is 72.6 Å². The van der Waals surface area contributed by atoms with E-state index in [4.69, 9.17) is 9.40 Å². The van der Waals surface area contributed by atoms with Gasteiger partial charge in [0, 0.05) is 57.6 Å². The molecule has 1 aromatic carbocycles. The molecule has 3 heterocycles. The van der Waals surface area contributed by atoms with Crippen LogP contribution in [0.15, 0.2) is 47.1 Å². The maximum absolute atomic E-state index is 5.38. The number of nitrogens with one attached hydrogen (secondary N) is 2. The van der Waals surface area contributed by atoms with E-state index < -0.39 is 0 Å². The highest BCUT2D eigenvalue weighted by atomic mass is 16.3. The first-order valence-corrected chi connectivity index (χ1v) is 9.96. The summed E-state index contributed by atoms with van der Waals surface area (Å²) in [6.07, 6.45) is 2.50. The normalized spacial score (nSPS) is 15.8. The van der Waals surface area contributed by atoms with Crippen LogP contribution in [0.4, 0.5) is 11.8 Å². The lowest BCUT2D eigenvalue weighted by molar-refractivity contribution is 0.158. The second kappa shape index (κ2) is 9.03. The third-order valence-electron chi connectivity index (χ3n) is 5.15. The number of hydrogen-bond acceptors (Lipinski definition) is 7. The van der Waals surface area contributed by atoms with Crippen LogP contribution in [-0.2, 0) is 6.42 Å². The van der Waals surface area contributed by atoms with Gasteiger partial charge in [-0.2, -0.15) is 4.98 Å². The van der Waals surface area contributed by atoms with E-state index in [2.05, 4.69) is 38.5 Å². The Bertz CT molecular complexity index is 874. The van der Waals surface area contributed by atoms with Crippen molar-refractivity contribution in [3.05, 3.63) is 48.4 Å². The quantitative estimate of drug-likeness (QED) is 0.622. The fourth-order valence-corrected chi connectivity index (χ4v) is 3.45. The molecule has 148 valence electrons. The molecule has 7 heteroatoms. The van der Waals surface area contributed by atoms with E-state index in [0.29, 0.717) is 5.95 Å². The number of aromatic nitrogens is 2. The highest BCUT2D eigenvalue weighted by molar-refractivity contribution is 5.90. The van der Waals surface area contributed by atoms with Gasteiger partial charge in [-0.3, -0.25) is 4.90 Å². The van der Waals surface area contributed by atoms with Gasteiger partial charge in [0.05, 0.1) is 11.8 Å². The predicted molar refractivity (Wildman–Crippen MR) is 113 cm³/mol. The third kappa shape index (κ3) is 4.79. The van der Waals surface area contributed by atoms with Crippen LogP contribution < -0.4 is 10.6 Å². The summed E-state index contributed by atoms with van der Waals surface area (Å²) in [5.41, 5.74) is 0.945. The molecular formula is C21H28N6O. The average Bonchev–Trinajstić information content (AvgIpc) is 3.23. The van der Waals surface area contributed by atoms with E-state index in [1.165, 1.54) is 0 Å². The van der Waals surface area contributed by atoms with Crippen molar-refractivity contribution < 1.29 is 4.42 Å². The summed E-state index contributed by atoms with van der Waals surface area (Å²) in [7, 11) is 2.18. The van der Waals surface area contributed by atoms with Gasteiger partial charge in [0.1, 0.15) is 11.6 Å². The molecule has 0 radical (unpaired) electrons. The fourth-order valence-electron chi connectivity index (χ4n) is 3.45. The van der Waals surface area contributed by atoms with Crippen molar-refractivity contribution in [2.45, 2.75) is 6.42 Å². The van der Waals surface area contributed by atoms with Gasteiger partial charge in [-0.05, 0) is 31.3 Å². The Balaban J connectivity index is 1.39. The number of para-hydroxylation sites is 1. The molecule has 3 aromatic rings. The molecule has 1 fully saturated rings. The minimum absolute atomic E-state index is 0.646. The number of anilines is 2. The molecule has 4 rings (SSSR count). The molecule has 1 saturated heterocycles. The molecule has 0 amide bonds. The van der Waals surface area contributed by atoms with Crippen LogP contribution in [0.1, 0.15) is 5.76 Å². The zero-order valence-corrected chi connectivity index (χ0v) is 16.4. The number of likely N-dealkylation sites (N-methyl/N-ethyl adjacent to an activating group) is 1. The molecule has 1 aliphatic rings. The van der Waals surface area contributed by atoms with Gasteiger partial charge in [0.2, 0.25) is 5.95 Å². The van der Waals surface area contributed by atoms with Crippen molar-refractivity contribution in [2.24, 2.45) is 0 Å². The van der Waals surface area contributed by atoms with E-state index in [9.17, 15) is 0 Å². The zero-order chi connectivity index (χ0) is 19.2. The van der Waals surface area contributed by atoms with Crippen molar-refractivity contribution >= 4 is 22.7 Å². The first kappa shape index (κ1) is 18.7. The summed E-state index contributed by atoms with van der Waals surface area (Å²) in [6, 6.07) is 12.0. The van der Waals surface area contributed by atoms with Crippen LogP contribution >= 0.6 is 0 Å². The summed E-state index contributed by atoms with van der Waals surface area (Å²) in [5, 5.41) is 7.90. The average molecular weight is 380 g/mol. The molecule has 2 N–H and O–H groups in total. The summed E-state index contributed by atoms with van der Waals surface area (Å²) >= 11 is 0. The lowest BCUT2D eigenvalue weighted by Crippen LogP contribution is -2.45. The molecule has 2 aromatic heterocycles. The largest absolute Gasteiger partial charge is 0.469 e. The van der Waals surface area contributed by atoms with Crippen LogP contribution in [0.2, 0.25) is 0 Å². The van der Waals surface area contributed by atoms with Crippen molar-refractivity contribution in [3.8, 4) is 0 Å². The maximum atomic E-state index is 5.38. The van der Waals surface area contributed by atoms with Crippen LogP contribution in [0.5, 0.6) is 0 Å². The minimum atomic E-state index is 0.646. The Hall–Kier alpha value is -2.64. The van der Waals surface area contributed by atoms with Gasteiger partial charge in [0.25, 0.3) is 0 Å². The number of fused-ring (bicyclic) bond motifs is 1. The standard InChI is InChI=1S/C21H28N6O/c1-26-12-14-27(15-13-26)11-10-22-20-18-6-2-3-7-19(18)24-21(25-20)23-9-8-17-5-4-16-28-17/h2-7,16H,8-15H2,1H3,(H2,22,23,24,25). The first-order valence-electron chi connectivity index (χ1n) is 9.96. The van der Waals surface area contributed by atoms with Crippen LogP contribution in [0.25, 0.3) is 10.9 Å². The fraction of sp³-hybridized carbons (Fsp3) is 0.429. The van der Waals surface area contributed by atoms with Gasteiger partial charge in [0.15, 0.2) is 0 Å². The molecule has 0 spiro atoms. The lowest BCUT2D eigenvalue weighted by Gasteiger charge is -2.32. The number of hydrogen-bond donors (Lipinski definition) is 2. The first-order chi connectivity index (χ1) is 13.8. The third-order valence-corrected chi connectivity index (χ3v) is 5.15. The molecule has 0 bridgehead atoms. The SMILES string of the molecule is CN1CCN(CCNc2nc(NCCc3ccco3)nc3ccccc23)CC1. The number of piperazine rings is 1. The maximum Gasteiger partial charge on any atom is 0.225 e. The number of benzene rings is 1. The van der Waals surface area contributed by atoms with Crippen molar-refractivity contribution in [2.75, 3.05) is 63.5 Å². The number of rotatable bonds is 8. The van der Waals surface area contributed by atoms with E-state index >= 15 is 0 Å². The van der Waals surface area contributed by atoms with E-state index in [1.807, 2.05) is 30.3 Å². The number of nitrogens with zero attached hydrogens (tertiary/aromatic N) is 4. The van der Waals surface area contributed by atoms with Gasteiger partial charge >= 0.3 is 0 Å². The molecule has 0 saturated carbocycles. The molecule has 0 unspecified atom stereocenters. The van der Waals surface area contributed by atoms with Gasteiger partial charge in [-0.1, -0.05) is 12.1 Å². The highest BCUT2D eigenvalue weighted by Gasteiger charge is 2.13. The summed E-state index contributed by atoms with van der Waals surface area (Å²) in [5.74, 6) is 2.49. The van der Waals surface area contributed by atoms with E-state index in [-0.39, 0.29) is 0 Å². The second-order valence-corrected chi connectivity index (χ2v) is 7.24. The molecule has 0 aliphatic carbocycles. The highest BCUT2D eigenvalue weighted by Crippen LogP contribution is 2.21. The Kier molecular flexibility index (Phi) is 6.04. The Morgan fingerprint density at radius 3 is 2.64 bits per heavy atom. The van der Waals surface area contributed by atoms with E-state index in [0.717, 1.165) is 74.7 Å². The number of furan rings is 1. The molecular weight excluding hydrogens is 352 g/mol. The topological polar surface area (TPSA) is 69.5 Å². The second-order valence-electron chi connectivity index (χ2n) is 7.24. The van der Waals surface area contributed by atoms with Crippen molar-refractivity contribution in [3.63, 3.8) is 0 Å². The van der Waals surface area contributed by atoms with Gasteiger partial charge in [-0.25, -0.2) is 4.98 Å². The Morgan fingerprint density at radius 1 is 0.964 bits per heavy atom. The molecule has 1 aliphatic heterocycles. The Morgan fingerprint density at radius 2 is 1.82 bits per heavy atom. The van der Waals surface area contributed by atoms with E-state index in [1.54, 1.807) is 6.26 Å². The van der Waals surface area contributed by atoms with Crippen LogP contribution in [0, 0.1) is 0 Å². The summed E-state index contributed by atoms with van der Waals surface area (Å²) in [4.78, 5) is 14.3. The lowest BCUT2D eigenvalue weighted by atomic mass is 10.2. The monoisotopic (exact) mass is 380 g/mol. The molecule has 0 atom stereocenters.